The highest BCUT2D eigenvalue weighted by atomic mass is 19.4. The van der Waals surface area contributed by atoms with Gasteiger partial charge in [-0.1, -0.05) is 6.07 Å². The number of hydrogen-bond acceptors (Lipinski definition) is 5. The van der Waals surface area contributed by atoms with Crippen LogP contribution in [-0.2, 0) is 11.0 Å². The molecule has 1 fully saturated rings. The highest BCUT2D eigenvalue weighted by molar-refractivity contribution is 5.93. The van der Waals surface area contributed by atoms with Crippen molar-refractivity contribution >= 4 is 23.8 Å². The molecule has 28 heavy (non-hydrogen) atoms. The van der Waals surface area contributed by atoms with E-state index in [9.17, 15) is 22.8 Å². The van der Waals surface area contributed by atoms with Gasteiger partial charge in [0.15, 0.2) is 0 Å². The average molecular weight is 393 g/mol. The molecule has 1 aromatic carbocycles. The van der Waals surface area contributed by atoms with Gasteiger partial charge in [-0.3, -0.25) is 9.59 Å². The zero-order chi connectivity index (χ0) is 20.3. The van der Waals surface area contributed by atoms with Gasteiger partial charge in [0.1, 0.15) is 17.3 Å². The van der Waals surface area contributed by atoms with Crippen LogP contribution in [0.1, 0.15) is 21.9 Å². The molecule has 1 aliphatic rings. The molecule has 10 heteroatoms. The number of rotatable bonds is 4. The Labute approximate surface area is 159 Å². The highest BCUT2D eigenvalue weighted by Gasteiger charge is 2.30. The molecule has 0 bridgehead atoms. The number of amides is 2. The van der Waals surface area contributed by atoms with E-state index in [1.807, 2.05) is 0 Å². The van der Waals surface area contributed by atoms with E-state index in [4.69, 9.17) is 0 Å². The van der Waals surface area contributed by atoms with Gasteiger partial charge in [-0.05, 0) is 25.1 Å². The largest absolute Gasteiger partial charge is 0.416 e. The minimum atomic E-state index is -4.45. The summed E-state index contributed by atoms with van der Waals surface area (Å²) in [6, 6.07) is 6.12. The van der Waals surface area contributed by atoms with Crippen LogP contribution in [0.25, 0.3) is 0 Å². The lowest BCUT2D eigenvalue weighted by atomic mass is 10.2. The number of piperazine rings is 1. The molecular formula is C18H18F3N5O2. The standard InChI is InChI=1S/C18H18F3N5O2/c1-12-22-15(17(28)26-7-5-25(11-27)6-8-26)10-16(23-12)24-14-4-2-3-13(9-14)18(19,20)21/h2-4,9-11H,5-8H2,1H3,(H,22,23,24). The number of carbonyl (C=O) groups is 2. The summed E-state index contributed by atoms with van der Waals surface area (Å²) < 4.78 is 38.6. The van der Waals surface area contributed by atoms with Crippen molar-refractivity contribution in [1.82, 2.24) is 19.8 Å². The summed E-state index contributed by atoms with van der Waals surface area (Å²) in [7, 11) is 0. The first-order valence-corrected chi connectivity index (χ1v) is 8.55. The van der Waals surface area contributed by atoms with E-state index in [1.54, 1.807) is 16.7 Å². The first-order valence-electron chi connectivity index (χ1n) is 8.55. The number of nitrogens with zero attached hydrogens (tertiary/aromatic N) is 4. The summed E-state index contributed by atoms with van der Waals surface area (Å²) in [6.07, 6.45) is -3.71. The Hall–Kier alpha value is -3.17. The normalized spacial score (nSPS) is 14.7. The molecule has 0 spiro atoms. The molecule has 7 nitrogen and oxygen atoms in total. The van der Waals surface area contributed by atoms with Crippen molar-refractivity contribution < 1.29 is 22.8 Å². The third-order valence-corrected chi connectivity index (χ3v) is 4.27. The lowest BCUT2D eigenvalue weighted by Crippen LogP contribution is -2.48. The Kier molecular flexibility index (Phi) is 5.48. The second-order valence-corrected chi connectivity index (χ2v) is 6.32. The van der Waals surface area contributed by atoms with Crippen molar-refractivity contribution in [2.24, 2.45) is 0 Å². The van der Waals surface area contributed by atoms with Crippen molar-refractivity contribution in [2.75, 3.05) is 31.5 Å². The van der Waals surface area contributed by atoms with Gasteiger partial charge in [0, 0.05) is 37.9 Å². The number of aromatic nitrogens is 2. The van der Waals surface area contributed by atoms with Crippen LogP contribution in [0.5, 0.6) is 0 Å². The number of benzene rings is 1. The fourth-order valence-electron chi connectivity index (χ4n) is 2.85. The van der Waals surface area contributed by atoms with E-state index in [-0.39, 0.29) is 23.1 Å². The molecule has 1 aliphatic heterocycles. The molecule has 0 radical (unpaired) electrons. The van der Waals surface area contributed by atoms with Gasteiger partial charge in [0.25, 0.3) is 5.91 Å². The quantitative estimate of drug-likeness (QED) is 0.808. The highest BCUT2D eigenvalue weighted by Crippen LogP contribution is 2.31. The third-order valence-electron chi connectivity index (χ3n) is 4.27. The van der Waals surface area contributed by atoms with Crippen LogP contribution in [0.15, 0.2) is 30.3 Å². The van der Waals surface area contributed by atoms with E-state index in [0.29, 0.717) is 32.0 Å². The number of anilines is 2. The van der Waals surface area contributed by atoms with Crippen molar-refractivity contribution in [3.8, 4) is 0 Å². The summed E-state index contributed by atoms with van der Waals surface area (Å²) in [5.41, 5.74) is -0.444. The van der Waals surface area contributed by atoms with Crippen molar-refractivity contribution in [3.63, 3.8) is 0 Å². The zero-order valence-corrected chi connectivity index (χ0v) is 15.0. The first kappa shape index (κ1) is 19.6. The molecule has 0 aliphatic carbocycles. The smallest absolute Gasteiger partial charge is 0.342 e. The number of aryl methyl sites for hydroxylation is 1. The van der Waals surface area contributed by atoms with Crippen LogP contribution < -0.4 is 5.32 Å². The summed E-state index contributed by atoms with van der Waals surface area (Å²) in [6.45, 7) is 3.25. The molecule has 1 aromatic heterocycles. The van der Waals surface area contributed by atoms with Gasteiger partial charge < -0.3 is 15.1 Å². The lowest BCUT2D eigenvalue weighted by molar-refractivity contribution is -0.137. The molecule has 1 N–H and O–H groups in total. The predicted octanol–water partition coefficient (Wildman–Crippen LogP) is 2.46. The molecule has 2 heterocycles. The topological polar surface area (TPSA) is 78.4 Å². The molecule has 2 amide bonds. The van der Waals surface area contributed by atoms with E-state index >= 15 is 0 Å². The van der Waals surface area contributed by atoms with Gasteiger partial charge in [-0.15, -0.1) is 0 Å². The molecule has 0 atom stereocenters. The number of nitrogens with one attached hydrogen (secondary N) is 1. The lowest BCUT2D eigenvalue weighted by Gasteiger charge is -2.32. The van der Waals surface area contributed by atoms with Crippen LogP contribution in [0.2, 0.25) is 0 Å². The SMILES string of the molecule is Cc1nc(Nc2cccc(C(F)(F)F)c2)cc(C(=O)N2CCN(C=O)CC2)n1. The van der Waals surface area contributed by atoms with Crippen molar-refractivity contribution in [1.29, 1.82) is 0 Å². The molecular weight excluding hydrogens is 375 g/mol. The van der Waals surface area contributed by atoms with Crippen LogP contribution >= 0.6 is 0 Å². The summed E-state index contributed by atoms with van der Waals surface area (Å²) in [5.74, 6) is 0.219. The van der Waals surface area contributed by atoms with Crippen LogP contribution in [0.3, 0.4) is 0 Å². The van der Waals surface area contributed by atoms with Crippen molar-refractivity contribution in [3.05, 3.63) is 47.4 Å². The Bertz CT molecular complexity index is 880. The van der Waals surface area contributed by atoms with E-state index < -0.39 is 11.7 Å². The molecule has 1 saturated heterocycles. The first-order chi connectivity index (χ1) is 13.3. The van der Waals surface area contributed by atoms with Crippen LogP contribution in [0.4, 0.5) is 24.7 Å². The molecule has 2 aromatic rings. The molecule has 0 saturated carbocycles. The number of halogens is 3. The maximum atomic E-state index is 12.9. The van der Waals surface area contributed by atoms with Crippen molar-refractivity contribution in [2.45, 2.75) is 13.1 Å². The fraction of sp³-hybridized carbons (Fsp3) is 0.333. The van der Waals surface area contributed by atoms with E-state index in [0.717, 1.165) is 18.5 Å². The molecule has 0 unspecified atom stereocenters. The van der Waals surface area contributed by atoms with Crippen LogP contribution in [-0.4, -0.2) is 58.3 Å². The van der Waals surface area contributed by atoms with E-state index in [1.165, 1.54) is 18.2 Å². The average Bonchev–Trinajstić information content (AvgIpc) is 2.66. The molecule has 3 rings (SSSR count). The maximum Gasteiger partial charge on any atom is 0.416 e. The van der Waals surface area contributed by atoms with Gasteiger partial charge in [-0.2, -0.15) is 13.2 Å². The Morgan fingerprint density at radius 1 is 1.14 bits per heavy atom. The second-order valence-electron chi connectivity index (χ2n) is 6.32. The zero-order valence-electron chi connectivity index (χ0n) is 15.0. The number of hydrogen-bond donors (Lipinski definition) is 1. The second kappa shape index (κ2) is 7.83. The Morgan fingerprint density at radius 2 is 1.86 bits per heavy atom. The monoisotopic (exact) mass is 393 g/mol. The molecule has 148 valence electrons. The minimum Gasteiger partial charge on any atom is -0.342 e. The fourth-order valence-corrected chi connectivity index (χ4v) is 2.85. The Morgan fingerprint density at radius 3 is 2.50 bits per heavy atom. The van der Waals surface area contributed by atoms with Gasteiger partial charge in [-0.25, -0.2) is 9.97 Å². The minimum absolute atomic E-state index is 0.140. The summed E-state index contributed by atoms with van der Waals surface area (Å²) >= 11 is 0. The van der Waals surface area contributed by atoms with E-state index in [2.05, 4.69) is 15.3 Å². The Balaban J connectivity index is 1.78. The van der Waals surface area contributed by atoms with Crippen LogP contribution in [0, 0.1) is 6.92 Å². The van der Waals surface area contributed by atoms with Gasteiger partial charge in [0.05, 0.1) is 5.56 Å². The third kappa shape index (κ3) is 4.56. The number of carbonyl (C=O) groups excluding carboxylic acids is 2. The summed E-state index contributed by atoms with van der Waals surface area (Å²) in [4.78, 5) is 34.9. The van der Waals surface area contributed by atoms with Gasteiger partial charge in [0.2, 0.25) is 6.41 Å². The number of alkyl halides is 3. The summed E-state index contributed by atoms with van der Waals surface area (Å²) in [5, 5.41) is 2.80. The maximum absolute atomic E-state index is 12.9. The van der Waals surface area contributed by atoms with Gasteiger partial charge >= 0.3 is 6.18 Å². The predicted molar refractivity (Wildman–Crippen MR) is 95.0 cm³/mol.